The molecule has 17 heavy (non-hydrogen) atoms. The first-order valence-electron chi connectivity index (χ1n) is 6.22. The Labute approximate surface area is 102 Å². The van der Waals surface area contributed by atoms with Crippen molar-refractivity contribution in [3.8, 4) is 0 Å². The number of imidazole rings is 1. The Morgan fingerprint density at radius 2 is 2.41 bits per heavy atom. The van der Waals surface area contributed by atoms with E-state index in [2.05, 4.69) is 21.8 Å². The highest BCUT2D eigenvalue weighted by Crippen LogP contribution is 2.18. The van der Waals surface area contributed by atoms with Gasteiger partial charge in [0, 0.05) is 38.8 Å². The Morgan fingerprint density at radius 1 is 1.59 bits per heavy atom. The van der Waals surface area contributed by atoms with Crippen molar-refractivity contribution in [3.05, 3.63) is 18.2 Å². The third-order valence-electron chi connectivity index (χ3n) is 2.93. The molecule has 0 bridgehead atoms. The average molecular weight is 236 g/mol. The molecule has 1 aliphatic carbocycles. The molecule has 2 rings (SSSR count). The number of carbonyl (C=O) groups is 1. The average Bonchev–Trinajstić information content (AvgIpc) is 3.06. The molecule has 0 atom stereocenters. The van der Waals surface area contributed by atoms with E-state index < -0.39 is 0 Å². The molecular formula is C12H20N4O. The minimum atomic E-state index is 0.0979. The lowest BCUT2D eigenvalue weighted by molar-refractivity contribution is -0.120. The first-order chi connectivity index (χ1) is 8.28. The number of aromatic nitrogens is 2. The Balaban J connectivity index is 1.67. The zero-order valence-corrected chi connectivity index (χ0v) is 10.3. The third kappa shape index (κ3) is 4.19. The smallest absolute Gasteiger partial charge is 0.219 e. The summed E-state index contributed by atoms with van der Waals surface area (Å²) in [5.41, 5.74) is 1.08. The molecule has 5 heteroatoms. The topological polar surface area (TPSA) is 59.0 Å². The van der Waals surface area contributed by atoms with Gasteiger partial charge >= 0.3 is 0 Å². The predicted octanol–water partition coefficient (Wildman–Crippen LogP) is 0.661. The minimum absolute atomic E-state index is 0.0979. The number of hydrogen-bond acceptors (Lipinski definition) is 3. The van der Waals surface area contributed by atoms with E-state index in [0.717, 1.165) is 25.2 Å². The summed E-state index contributed by atoms with van der Waals surface area (Å²) in [6.07, 6.45) is 7.92. The van der Waals surface area contributed by atoms with Crippen molar-refractivity contribution in [3.63, 3.8) is 0 Å². The molecule has 0 unspecified atom stereocenters. The number of aryl methyl sites for hydroxylation is 1. The molecule has 1 aliphatic rings. The maximum atomic E-state index is 11.0. The van der Waals surface area contributed by atoms with Crippen LogP contribution in [0.25, 0.3) is 0 Å². The summed E-state index contributed by atoms with van der Waals surface area (Å²) < 4.78 is 2.05. The van der Waals surface area contributed by atoms with E-state index in [0.29, 0.717) is 12.5 Å². The van der Waals surface area contributed by atoms with E-state index in [1.165, 1.54) is 12.8 Å². The highest BCUT2D eigenvalue weighted by Gasteiger charge is 2.20. The Bertz CT molecular complexity index is 370. The highest BCUT2D eigenvalue weighted by molar-refractivity contribution is 5.75. The molecule has 1 aromatic heterocycles. The number of carbonyl (C=O) groups excluding carboxylic acids is 1. The molecule has 94 valence electrons. The van der Waals surface area contributed by atoms with Crippen LogP contribution in [-0.2, 0) is 17.9 Å². The fraction of sp³-hybridized carbons (Fsp3) is 0.667. The summed E-state index contributed by atoms with van der Waals surface area (Å²) >= 11 is 0. The number of amides is 1. The molecule has 1 amide bonds. The lowest BCUT2D eigenvalue weighted by Crippen LogP contribution is -2.17. The molecule has 0 aromatic carbocycles. The van der Waals surface area contributed by atoms with Crippen LogP contribution in [-0.4, -0.2) is 28.5 Å². The van der Waals surface area contributed by atoms with Gasteiger partial charge in [0.1, 0.15) is 0 Å². The largest absolute Gasteiger partial charge is 0.359 e. The first-order valence-corrected chi connectivity index (χ1v) is 6.22. The van der Waals surface area contributed by atoms with Crippen molar-refractivity contribution in [1.29, 1.82) is 0 Å². The number of hydrogen-bond donors (Lipinski definition) is 2. The van der Waals surface area contributed by atoms with Crippen LogP contribution in [0.1, 0.15) is 31.4 Å². The molecule has 0 saturated heterocycles. The summed E-state index contributed by atoms with van der Waals surface area (Å²) in [5, 5.41) is 6.05. The van der Waals surface area contributed by atoms with Gasteiger partial charge in [-0.15, -0.1) is 0 Å². The second kappa shape index (κ2) is 5.82. The van der Waals surface area contributed by atoms with Gasteiger partial charge in [0.25, 0.3) is 0 Å². The third-order valence-corrected chi connectivity index (χ3v) is 2.93. The van der Waals surface area contributed by atoms with Gasteiger partial charge in [-0.1, -0.05) is 0 Å². The van der Waals surface area contributed by atoms with Crippen molar-refractivity contribution in [1.82, 2.24) is 20.2 Å². The zero-order valence-electron chi connectivity index (χ0n) is 10.3. The Kier molecular flexibility index (Phi) is 4.14. The van der Waals surface area contributed by atoms with Crippen molar-refractivity contribution in [2.75, 3.05) is 7.05 Å². The molecular weight excluding hydrogens is 216 g/mol. The molecule has 0 radical (unpaired) electrons. The molecule has 1 aromatic rings. The van der Waals surface area contributed by atoms with Crippen LogP contribution in [0.5, 0.6) is 0 Å². The van der Waals surface area contributed by atoms with Gasteiger partial charge in [0.15, 0.2) is 0 Å². The quantitative estimate of drug-likeness (QED) is 0.731. The summed E-state index contributed by atoms with van der Waals surface area (Å²) in [7, 11) is 1.67. The van der Waals surface area contributed by atoms with Crippen LogP contribution in [0.15, 0.2) is 12.5 Å². The van der Waals surface area contributed by atoms with Gasteiger partial charge in [0.2, 0.25) is 5.91 Å². The summed E-state index contributed by atoms with van der Waals surface area (Å²) in [4.78, 5) is 15.4. The highest BCUT2D eigenvalue weighted by atomic mass is 16.1. The van der Waals surface area contributed by atoms with Crippen molar-refractivity contribution in [2.45, 2.75) is 44.8 Å². The van der Waals surface area contributed by atoms with E-state index in [1.54, 1.807) is 7.05 Å². The summed E-state index contributed by atoms with van der Waals surface area (Å²) in [5.74, 6) is 0.0979. The number of nitrogens with one attached hydrogen (secondary N) is 2. The molecule has 1 heterocycles. The maximum absolute atomic E-state index is 11.0. The number of nitrogens with zero attached hydrogens (tertiary/aromatic N) is 2. The minimum Gasteiger partial charge on any atom is -0.359 e. The van der Waals surface area contributed by atoms with E-state index in [4.69, 9.17) is 0 Å². The van der Waals surface area contributed by atoms with Gasteiger partial charge in [-0.2, -0.15) is 0 Å². The van der Waals surface area contributed by atoms with Crippen molar-refractivity contribution in [2.24, 2.45) is 0 Å². The standard InChI is InChI=1S/C12H20N4O/c1-13-12(17)3-2-6-16-8-11(15-9-16)7-14-10-4-5-10/h8-10,14H,2-7H2,1H3,(H,13,17). The molecule has 5 nitrogen and oxygen atoms in total. The second-order valence-corrected chi connectivity index (χ2v) is 4.53. The number of rotatable bonds is 7. The SMILES string of the molecule is CNC(=O)CCCn1cnc(CNC2CC2)c1. The van der Waals surface area contributed by atoms with Crippen LogP contribution >= 0.6 is 0 Å². The Morgan fingerprint density at radius 3 is 3.12 bits per heavy atom. The Hall–Kier alpha value is -1.36. The van der Waals surface area contributed by atoms with E-state index in [-0.39, 0.29) is 5.91 Å². The van der Waals surface area contributed by atoms with Crippen LogP contribution in [0.2, 0.25) is 0 Å². The molecule has 2 N–H and O–H groups in total. The fourth-order valence-corrected chi connectivity index (χ4v) is 1.70. The zero-order chi connectivity index (χ0) is 12.1. The monoisotopic (exact) mass is 236 g/mol. The molecule has 0 spiro atoms. The van der Waals surface area contributed by atoms with Gasteiger partial charge in [-0.05, 0) is 19.3 Å². The molecule has 0 aliphatic heterocycles. The van der Waals surface area contributed by atoms with Crippen LogP contribution in [0.3, 0.4) is 0 Å². The van der Waals surface area contributed by atoms with Gasteiger partial charge in [0.05, 0.1) is 12.0 Å². The van der Waals surface area contributed by atoms with Crippen LogP contribution in [0, 0.1) is 0 Å². The fourth-order valence-electron chi connectivity index (χ4n) is 1.70. The van der Waals surface area contributed by atoms with E-state index >= 15 is 0 Å². The predicted molar refractivity (Wildman–Crippen MR) is 65.4 cm³/mol. The van der Waals surface area contributed by atoms with Crippen molar-refractivity contribution >= 4 is 5.91 Å². The lowest BCUT2D eigenvalue weighted by atomic mass is 10.3. The van der Waals surface area contributed by atoms with E-state index in [9.17, 15) is 4.79 Å². The van der Waals surface area contributed by atoms with Gasteiger partial charge in [-0.25, -0.2) is 4.98 Å². The summed E-state index contributed by atoms with van der Waals surface area (Å²) in [6.45, 7) is 1.71. The van der Waals surface area contributed by atoms with Crippen molar-refractivity contribution < 1.29 is 4.79 Å². The second-order valence-electron chi connectivity index (χ2n) is 4.53. The van der Waals surface area contributed by atoms with Gasteiger partial charge in [-0.3, -0.25) is 4.79 Å². The molecule has 1 saturated carbocycles. The first kappa shape index (κ1) is 12.1. The maximum Gasteiger partial charge on any atom is 0.219 e. The van der Waals surface area contributed by atoms with Gasteiger partial charge < -0.3 is 15.2 Å². The molecule has 1 fully saturated rings. The van der Waals surface area contributed by atoms with Crippen LogP contribution in [0.4, 0.5) is 0 Å². The van der Waals surface area contributed by atoms with E-state index in [1.807, 2.05) is 10.9 Å². The van der Waals surface area contributed by atoms with Crippen LogP contribution < -0.4 is 10.6 Å². The lowest BCUT2D eigenvalue weighted by Gasteiger charge is -2.01. The summed E-state index contributed by atoms with van der Waals surface area (Å²) in [6, 6.07) is 0.716. The normalized spacial score (nSPS) is 14.9.